The van der Waals surface area contributed by atoms with Crippen molar-refractivity contribution in [1.82, 2.24) is 5.32 Å². The van der Waals surface area contributed by atoms with Crippen molar-refractivity contribution in [2.75, 3.05) is 7.11 Å². The van der Waals surface area contributed by atoms with E-state index in [1.165, 1.54) is 22.3 Å². The highest BCUT2D eigenvalue weighted by atomic mass is 16.5. The largest absolute Gasteiger partial charge is 0.496 e. The second-order valence-electron chi connectivity index (χ2n) is 7.92. The van der Waals surface area contributed by atoms with Crippen molar-refractivity contribution in [3.63, 3.8) is 0 Å². The van der Waals surface area contributed by atoms with Gasteiger partial charge in [-0.1, -0.05) is 97.1 Å². The first-order valence-corrected chi connectivity index (χ1v) is 10.8. The molecule has 156 valence electrons. The zero-order chi connectivity index (χ0) is 21.6. The lowest BCUT2D eigenvalue weighted by atomic mass is 9.98. The fourth-order valence-corrected chi connectivity index (χ4v) is 4.00. The van der Waals surface area contributed by atoms with E-state index in [1.807, 2.05) is 24.3 Å². The van der Waals surface area contributed by atoms with E-state index in [0.29, 0.717) is 0 Å². The minimum atomic E-state index is 0.246. The number of hydrogen-bond donors (Lipinski definition) is 1. The molecule has 0 fully saturated rings. The molecule has 2 nitrogen and oxygen atoms in total. The first-order valence-electron chi connectivity index (χ1n) is 10.8. The lowest BCUT2D eigenvalue weighted by Gasteiger charge is -2.21. The van der Waals surface area contributed by atoms with Gasteiger partial charge in [-0.3, -0.25) is 0 Å². The van der Waals surface area contributed by atoms with Crippen molar-refractivity contribution in [3.05, 3.63) is 114 Å². The number of methoxy groups -OCH3 is 1. The van der Waals surface area contributed by atoms with Crippen LogP contribution in [0.15, 0.2) is 103 Å². The third-order valence-corrected chi connectivity index (χ3v) is 5.85. The van der Waals surface area contributed by atoms with E-state index in [4.69, 9.17) is 4.74 Å². The predicted octanol–water partition coefficient (Wildman–Crippen LogP) is 7.44. The molecule has 4 rings (SSSR count). The molecule has 4 aromatic rings. The van der Waals surface area contributed by atoms with Crippen LogP contribution in [0.1, 0.15) is 37.1 Å². The molecule has 31 heavy (non-hydrogen) atoms. The Morgan fingerprint density at radius 1 is 0.548 bits per heavy atom. The summed E-state index contributed by atoms with van der Waals surface area (Å²) in [5.41, 5.74) is 7.33. The van der Waals surface area contributed by atoms with Crippen molar-refractivity contribution in [2.45, 2.75) is 25.9 Å². The van der Waals surface area contributed by atoms with Crippen LogP contribution in [0.4, 0.5) is 0 Å². The maximum atomic E-state index is 5.50. The maximum Gasteiger partial charge on any atom is 0.126 e. The summed E-state index contributed by atoms with van der Waals surface area (Å²) >= 11 is 0. The number of benzene rings is 4. The molecule has 2 unspecified atom stereocenters. The molecule has 0 aliphatic rings. The highest BCUT2D eigenvalue weighted by molar-refractivity contribution is 5.70. The van der Waals surface area contributed by atoms with Gasteiger partial charge in [-0.05, 0) is 47.7 Å². The SMILES string of the molecule is COc1ccccc1-c1ccc(C(C)NC(C)c2ccc(-c3ccccc3)cc2)cc1. The Labute approximate surface area is 185 Å². The van der Waals surface area contributed by atoms with Gasteiger partial charge in [0.05, 0.1) is 7.11 Å². The quantitative estimate of drug-likeness (QED) is 0.344. The van der Waals surface area contributed by atoms with Gasteiger partial charge in [0.1, 0.15) is 5.75 Å². The van der Waals surface area contributed by atoms with Gasteiger partial charge in [-0.2, -0.15) is 0 Å². The molecule has 4 aromatic carbocycles. The minimum Gasteiger partial charge on any atom is -0.496 e. The summed E-state index contributed by atoms with van der Waals surface area (Å²) in [4.78, 5) is 0. The van der Waals surface area contributed by atoms with Crippen LogP contribution >= 0.6 is 0 Å². The molecule has 1 N–H and O–H groups in total. The summed E-state index contributed by atoms with van der Waals surface area (Å²) in [7, 11) is 1.72. The predicted molar refractivity (Wildman–Crippen MR) is 130 cm³/mol. The van der Waals surface area contributed by atoms with Crippen LogP contribution in [-0.4, -0.2) is 7.11 Å². The van der Waals surface area contributed by atoms with Gasteiger partial charge in [0.25, 0.3) is 0 Å². The number of nitrogens with one attached hydrogen (secondary N) is 1. The fourth-order valence-electron chi connectivity index (χ4n) is 4.00. The molecular formula is C29H29NO. The molecular weight excluding hydrogens is 378 g/mol. The Morgan fingerprint density at radius 2 is 1.03 bits per heavy atom. The molecule has 0 aromatic heterocycles. The third-order valence-electron chi connectivity index (χ3n) is 5.85. The smallest absolute Gasteiger partial charge is 0.126 e. The Kier molecular flexibility index (Phi) is 6.49. The zero-order valence-corrected chi connectivity index (χ0v) is 18.4. The van der Waals surface area contributed by atoms with E-state index in [0.717, 1.165) is 16.9 Å². The number of para-hydroxylation sites is 1. The summed E-state index contributed by atoms with van der Waals surface area (Å²) < 4.78 is 5.50. The van der Waals surface area contributed by atoms with Gasteiger partial charge in [-0.25, -0.2) is 0 Å². The van der Waals surface area contributed by atoms with Gasteiger partial charge < -0.3 is 10.1 Å². The summed E-state index contributed by atoms with van der Waals surface area (Å²) in [6, 6.07) is 36.7. The standard InChI is InChI=1S/C29H29NO/c1-21(23-13-17-26(18-14-23)25-9-5-4-6-10-25)30-22(2)24-15-19-27(20-16-24)28-11-7-8-12-29(28)31-3/h4-22,30H,1-3H3. The third kappa shape index (κ3) is 4.87. The highest BCUT2D eigenvalue weighted by Crippen LogP contribution is 2.31. The summed E-state index contributed by atoms with van der Waals surface area (Å²) in [5, 5.41) is 3.73. The molecule has 0 radical (unpaired) electrons. The molecule has 0 spiro atoms. The molecule has 0 saturated heterocycles. The van der Waals surface area contributed by atoms with Crippen molar-refractivity contribution >= 4 is 0 Å². The Balaban J connectivity index is 1.43. The van der Waals surface area contributed by atoms with Crippen LogP contribution in [-0.2, 0) is 0 Å². The lowest BCUT2D eigenvalue weighted by Crippen LogP contribution is -2.22. The second-order valence-corrected chi connectivity index (χ2v) is 7.92. The van der Waals surface area contributed by atoms with E-state index in [2.05, 4.69) is 98.0 Å². The van der Waals surface area contributed by atoms with E-state index in [-0.39, 0.29) is 12.1 Å². The molecule has 0 bridgehead atoms. The highest BCUT2D eigenvalue weighted by Gasteiger charge is 2.12. The van der Waals surface area contributed by atoms with Crippen LogP contribution in [0.25, 0.3) is 22.3 Å². The monoisotopic (exact) mass is 407 g/mol. The summed E-state index contributed by atoms with van der Waals surface area (Å²) in [6.07, 6.45) is 0. The van der Waals surface area contributed by atoms with Crippen molar-refractivity contribution < 1.29 is 4.74 Å². The lowest BCUT2D eigenvalue weighted by molar-refractivity contribution is 0.416. The first-order chi connectivity index (χ1) is 15.2. The van der Waals surface area contributed by atoms with Gasteiger partial charge in [0.2, 0.25) is 0 Å². The summed E-state index contributed by atoms with van der Waals surface area (Å²) in [5.74, 6) is 0.897. The maximum absolute atomic E-state index is 5.50. The average molecular weight is 408 g/mol. The number of hydrogen-bond acceptors (Lipinski definition) is 2. The van der Waals surface area contributed by atoms with E-state index in [9.17, 15) is 0 Å². The molecule has 0 aliphatic heterocycles. The van der Waals surface area contributed by atoms with Crippen LogP contribution in [0.3, 0.4) is 0 Å². The average Bonchev–Trinajstić information content (AvgIpc) is 2.84. The van der Waals surface area contributed by atoms with Gasteiger partial charge in [0, 0.05) is 17.6 Å². The Hall–Kier alpha value is -3.36. The van der Waals surface area contributed by atoms with Crippen LogP contribution in [0, 0.1) is 0 Å². The Morgan fingerprint density at radius 3 is 1.61 bits per heavy atom. The molecule has 0 heterocycles. The number of rotatable bonds is 7. The molecule has 0 amide bonds. The zero-order valence-electron chi connectivity index (χ0n) is 18.4. The topological polar surface area (TPSA) is 21.3 Å². The molecule has 0 saturated carbocycles. The van der Waals surface area contributed by atoms with Crippen molar-refractivity contribution in [1.29, 1.82) is 0 Å². The van der Waals surface area contributed by atoms with E-state index in [1.54, 1.807) is 7.11 Å². The fraction of sp³-hybridized carbons (Fsp3) is 0.172. The van der Waals surface area contributed by atoms with Crippen LogP contribution < -0.4 is 10.1 Å². The first kappa shape index (κ1) is 20.9. The normalized spacial score (nSPS) is 12.9. The van der Waals surface area contributed by atoms with Crippen LogP contribution in [0.2, 0.25) is 0 Å². The van der Waals surface area contributed by atoms with Gasteiger partial charge in [-0.15, -0.1) is 0 Å². The second kappa shape index (κ2) is 9.63. The van der Waals surface area contributed by atoms with Crippen molar-refractivity contribution in [3.8, 4) is 28.0 Å². The minimum absolute atomic E-state index is 0.246. The van der Waals surface area contributed by atoms with E-state index < -0.39 is 0 Å². The van der Waals surface area contributed by atoms with E-state index >= 15 is 0 Å². The molecule has 2 heteroatoms. The Bertz CT molecular complexity index is 1100. The van der Waals surface area contributed by atoms with Gasteiger partial charge in [0.15, 0.2) is 0 Å². The van der Waals surface area contributed by atoms with Crippen molar-refractivity contribution in [2.24, 2.45) is 0 Å². The van der Waals surface area contributed by atoms with Crippen LogP contribution in [0.5, 0.6) is 5.75 Å². The molecule has 2 atom stereocenters. The van der Waals surface area contributed by atoms with Gasteiger partial charge >= 0.3 is 0 Å². The number of ether oxygens (including phenoxy) is 1. The molecule has 0 aliphatic carbocycles. The summed E-state index contributed by atoms with van der Waals surface area (Å²) in [6.45, 7) is 4.43.